The number of anilines is 1. The summed E-state index contributed by atoms with van der Waals surface area (Å²) in [5.74, 6) is 0.946. The molecule has 0 amide bonds. The average Bonchev–Trinajstić information content (AvgIpc) is 2.03. The number of hydrogen-bond donors (Lipinski definition) is 1. The Kier molecular flexibility index (Phi) is 2.19. The SMILES string of the molecule is C=Cc1nc(C)nc(N)c1N=C. The monoisotopic (exact) mass is 162 g/mol. The normalized spacial score (nSPS) is 9.42. The Labute approximate surface area is 70.9 Å². The highest BCUT2D eigenvalue weighted by Gasteiger charge is 2.05. The second-order valence-electron chi connectivity index (χ2n) is 2.25. The lowest BCUT2D eigenvalue weighted by Crippen LogP contribution is -1.98. The molecule has 4 heteroatoms. The fourth-order valence-corrected chi connectivity index (χ4v) is 0.915. The fourth-order valence-electron chi connectivity index (χ4n) is 0.915. The molecule has 2 N–H and O–H groups in total. The van der Waals surface area contributed by atoms with E-state index in [1.807, 2.05) is 0 Å². The van der Waals surface area contributed by atoms with Crippen LogP contribution in [0.3, 0.4) is 0 Å². The number of rotatable bonds is 2. The maximum absolute atomic E-state index is 5.58. The van der Waals surface area contributed by atoms with Crippen molar-refractivity contribution in [2.24, 2.45) is 4.99 Å². The summed E-state index contributed by atoms with van der Waals surface area (Å²) >= 11 is 0. The lowest BCUT2D eigenvalue weighted by Gasteiger charge is -2.03. The molecule has 0 spiro atoms. The molecule has 12 heavy (non-hydrogen) atoms. The van der Waals surface area contributed by atoms with Crippen LogP contribution in [0.1, 0.15) is 11.5 Å². The van der Waals surface area contributed by atoms with Gasteiger partial charge in [-0.25, -0.2) is 9.97 Å². The van der Waals surface area contributed by atoms with Crippen LogP contribution < -0.4 is 5.73 Å². The second kappa shape index (κ2) is 3.13. The van der Waals surface area contributed by atoms with Gasteiger partial charge in [0.1, 0.15) is 11.5 Å². The molecule has 4 nitrogen and oxygen atoms in total. The molecule has 1 aromatic heterocycles. The molecule has 0 unspecified atom stereocenters. The summed E-state index contributed by atoms with van der Waals surface area (Å²) < 4.78 is 0. The van der Waals surface area contributed by atoms with Crippen molar-refractivity contribution in [3.8, 4) is 0 Å². The molecule has 0 atom stereocenters. The van der Waals surface area contributed by atoms with Crippen LogP contribution in [0.5, 0.6) is 0 Å². The molecule has 0 aliphatic rings. The topological polar surface area (TPSA) is 64.2 Å². The van der Waals surface area contributed by atoms with Crippen LogP contribution in [0.15, 0.2) is 11.6 Å². The van der Waals surface area contributed by atoms with Gasteiger partial charge in [-0.2, -0.15) is 0 Å². The summed E-state index contributed by atoms with van der Waals surface area (Å²) in [4.78, 5) is 11.7. The minimum Gasteiger partial charge on any atom is -0.382 e. The first-order valence-corrected chi connectivity index (χ1v) is 3.42. The maximum atomic E-state index is 5.58. The molecule has 1 rings (SSSR count). The predicted molar refractivity (Wildman–Crippen MR) is 50.5 cm³/mol. The average molecular weight is 162 g/mol. The third-order valence-corrected chi connectivity index (χ3v) is 1.40. The van der Waals surface area contributed by atoms with Gasteiger partial charge < -0.3 is 5.73 Å². The van der Waals surface area contributed by atoms with Crippen LogP contribution in [0.25, 0.3) is 6.08 Å². The lowest BCUT2D eigenvalue weighted by molar-refractivity contribution is 1.05. The van der Waals surface area contributed by atoms with Gasteiger partial charge in [0.2, 0.25) is 0 Å². The molecule has 0 saturated carbocycles. The molecule has 0 saturated heterocycles. The van der Waals surface area contributed by atoms with E-state index < -0.39 is 0 Å². The summed E-state index contributed by atoms with van der Waals surface area (Å²) in [5.41, 5.74) is 6.69. The number of nitrogens with two attached hydrogens (primary N) is 1. The Morgan fingerprint density at radius 3 is 2.67 bits per heavy atom. The van der Waals surface area contributed by atoms with Crippen molar-refractivity contribution in [3.63, 3.8) is 0 Å². The van der Waals surface area contributed by atoms with Crippen LogP contribution in [-0.4, -0.2) is 16.7 Å². The molecular weight excluding hydrogens is 152 g/mol. The van der Waals surface area contributed by atoms with Crippen LogP contribution in [0.4, 0.5) is 11.5 Å². The number of nitrogens with zero attached hydrogens (tertiary/aromatic N) is 3. The summed E-state index contributed by atoms with van der Waals surface area (Å²) in [6.07, 6.45) is 1.58. The van der Waals surface area contributed by atoms with E-state index in [1.165, 1.54) is 0 Å². The molecule has 0 aromatic carbocycles. The third kappa shape index (κ3) is 1.32. The van der Waals surface area contributed by atoms with Crippen molar-refractivity contribution in [2.75, 3.05) is 5.73 Å². The maximum Gasteiger partial charge on any atom is 0.153 e. The molecule has 0 fully saturated rings. The van der Waals surface area contributed by atoms with Crippen LogP contribution >= 0.6 is 0 Å². The highest BCUT2D eigenvalue weighted by molar-refractivity contribution is 5.71. The van der Waals surface area contributed by atoms with Gasteiger partial charge >= 0.3 is 0 Å². The van der Waals surface area contributed by atoms with Gasteiger partial charge in [-0.05, 0) is 19.7 Å². The van der Waals surface area contributed by atoms with Gasteiger partial charge in [0.25, 0.3) is 0 Å². The van der Waals surface area contributed by atoms with Gasteiger partial charge in [-0.15, -0.1) is 0 Å². The predicted octanol–water partition coefficient (Wildman–Crippen LogP) is 1.34. The zero-order chi connectivity index (χ0) is 9.14. The summed E-state index contributed by atoms with van der Waals surface area (Å²) in [6, 6.07) is 0. The van der Waals surface area contributed by atoms with E-state index in [0.717, 1.165) is 0 Å². The Morgan fingerprint density at radius 2 is 2.17 bits per heavy atom. The number of aromatic nitrogens is 2. The number of aryl methyl sites for hydroxylation is 1. The third-order valence-electron chi connectivity index (χ3n) is 1.40. The molecular formula is C8H10N4. The zero-order valence-electron chi connectivity index (χ0n) is 6.91. The smallest absolute Gasteiger partial charge is 0.153 e. The lowest BCUT2D eigenvalue weighted by atomic mass is 10.3. The Bertz CT molecular complexity index is 330. The van der Waals surface area contributed by atoms with Crippen LogP contribution in [0, 0.1) is 6.92 Å². The highest BCUT2D eigenvalue weighted by Crippen LogP contribution is 2.23. The molecule has 1 heterocycles. The van der Waals surface area contributed by atoms with Crippen molar-refractivity contribution in [1.82, 2.24) is 9.97 Å². The first kappa shape index (κ1) is 8.39. The molecule has 62 valence electrons. The Morgan fingerprint density at radius 1 is 1.50 bits per heavy atom. The van der Waals surface area contributed by atoms with E-state index in [-0.39, 0.29) is 0 Å². The summed E-state index contributed by atoms with van der Waals surface area (Å²) in [6.45, 7) is 8.72. The van der Waals surface area contributed by atoms with Crippen molar-refractivity contribution in [3.05, 3.63) is 18.1 Å². The van der Waals surface area contributed by atoms with Gasteiger partial charge in [0.05, 0.1) is 5.69 Å². The molecule has 1 aromatic rings. The van der Waals surface area contributed by atoms with Gasteiger partial charge in [0, 0.05) is 0 Å². The second-order valence-corrected chi connectivity index (χ2v) is 2.25. The Balaban J connectivity index is 3.43. The fraction of sp³-hybridized carbons (Fsp3) is 0.125. The van der Waals surface area contributed by atoms with E-state index in [0.29, 0.717) is 23.0 Å². The quantitative estimate of drug-likeness (QED) is 0.667. The number of aliphatic imine (C=N–C) groups is 1. The molecule has 0 aliphatic carbocycles. The standard InChI is InChI=1S/C8H10N4/c1-4-6-7(10-3)8(9)12-5(2)11-6/h4H,1,3H2,2H3,(H2,9,11,12). The van der Waals surface area contributed by atoms with E-state index in [4.69, 9.17) is 5.73 Å². The van der Waals surface area contributed by atoms with Gasteiger partial charge in [-0.3, -0.25) is 4.99 Å². The minimum absolute atomic E-state index is 0.340. The van der Waals surface area contributed by atoms with Crippen molar-refractivity contribution < 1.29 is 0 Å². The van der Waals surface area contributed by atoms with Crippen LogP contribution in [-0.2, 0) is 0 Å². The molecule has 0 bridgehead atoms. The van der Waals surface area contributed by atoms with E-state index in [9.17, 15) is 0 Å². The molecule has 0 radical (unpaired) electrons. The van der Waals surface area contributed by atoms with Crippen molar-refractivity contribution >= 4 is 24.3 Å². The van der Waals surface area contributed by atoms with Crippen molar-refractivity contribution in [1.29, 1.82) is 0 Å². The number of nitrogen functional groups attached to an aromatic ring is 1. The summed E-state index contributed by atoms with van der Waals surface area (Å²) in [5, 5.41) is 0. The van der Waals surface area contributed by atoms with E-state index in [2.05, 4.69) is 28.3 Å². The van der Waals surface area contributed by atoms with E-state index in [1.54, 1.807) is 13.0 Å². The van der Waals surface area contributed by atoms with E-state index >= 15 is 0 Å². The Hall–Kier alpha value is -1.71. The van der Waals surface area contributed by atoms with Crippen molar-refractivity contribution in [2.45, 2.75) is 6.92 Å². The van der Waals surface area contributed by atoms with Gasteiger partial charge in [-0.1, -0.05) is 6.58 Å². The van der Waals surface area contributed by atoms with Crippen LogP contribution in [0.2, 0.25) is 0 Å². The minimum atomic E-state index is 0.340. The van der Waals surface area contributed by atoms with Gasteiger partial charge in [0.15, 0.2) is 5.82 Å². The zero-order valence-corrected chi connectivity index (χ0v) is 6.91. The number of hydrogen-bond acceptors (Lipinski definition) is 4. The summed E-state index contributed by atoms with van der Waals surface area (Å²) in [7, 11) is 0. The molecule has 0 aliphatic heterocycles. The first-order valence-electron chi connectivity index (χ1n) is 3.42. The highest BCUT2D eigenvalue weighted by atomic mass is 15.0. The first-order chi connectivity index (χ1) is 5.69. The largest absolute Gasteiger partial charge is 0.382 e.